The number of hydrogen-bond acceptors (Lipinski definition) is 4. The molecular formula is C20H22N4O2. The van der Waals surface area contributed by atoms with Crippen molar-refractivity contribution < 1.29 is 9.90 Å². The molecule has 1 fully saturated rings. The number of aliphatic hydroxyl groups excluding tert-OH is 1. The second-order valence-corrected chi connectivity index (χ2v) is 7.12. The van der Waals surface area contributed by atoms with E-state index in [2.05, 4.69) is 15.3 Å². The zero-order valence-corrected chi connectivity index (χ0v) is 14.7. The Kier molecular flexibility index (Phi) is 4.42. The number of pyridine rings is 2. The summed E-state index contributed by atoms with van der Waals surface area (Å²) in [6.07, 6.45) is 9.09. The number of aliphatic hydroxyl groups is 1. The van der Waals surface area contributed by atoms with Crippen molar-refractivity contribution in [2.45, 2.75) is 38.3 Å². The summed E-state index contributed by atoms with van der Waals surface area (Å²) in [5, 5.41) is 12.8. The van der Waals surface area contributed by atoms with E-state index in [9.17, 15) is 9.90 Å². The van der Waals surface area contributed by atoms with Crippen LogP contribution in [0.4, 0.5) is 0 Å². The van der Waals surface area contributed by atoms with Crippen LogP contribution in [0.15, 0.2) is 49.1 Å². The first-order valence-electron chi connectivity index (χ1n) is 8.91. The predicted molar refractivity (Wildman–Crippen MR) is 97.9 cm³/mol. The van der Waals surface area contributed by atoms with Gasteiger partial charge >= 0.3 is 0 Å². The SMILES string of the molecule is Cc1ccn2cc(C(=O)NC(Cc3ccncc3)C3CC(O)C3)nc2c1. The molecule has 0 aromatic carbocycles. The van der Waals surface area contributed by atoms with E-state index >= 15 is 0 Å². The summed E-state index contributed by atoms with van der Waals surface area (Å²) in [7, 11) is 0. The van der Waals surface area contributed by atoms with Gasteiger partial charge in [-0.25, -0.2) is 4.98 Å². The largest absolute Gasteiger partial charge is 0.393 e. The molecule has 6 nitrogen and oxygen atoms in total. The molecule has 3 heterocycles. The Morgan fingerprint density at radius 1 is 1.35 bits per heavy atom. The minimum atomic E-state index is -0.255. The third-order valence-electron chi connectivity index (χ3n) is 5.09. The molecule has 1 amide bonds. The number of aromatic nitrogens is 3. The van der Waals surface area contributed by atoms with Crippen LogP contribution in [0.3, 0.4) is 0 Å². The molecule has 0 aliphatic heterocycles. The highest BCUT2D eigenvalue weighted by molar-refractivity contribution is 5.93. The van der Waals surface area contributed by atoms with Crippen molar-refractivity contribution in [2.24, 2.45) is 5.92 Å². The average molecular weight is 350 g/mol. The molecule has 1 unspecified atom stereocenters. The lowest BCUT2D eigenvalue weighted by molar-refractivity contribution is 0.0239. The van der Waals surface area contributed by atoms with Crippen LogP contribution in [0.25, 0.3) is 5.65 Å². The maximum atomic E-state index is 12.8. The van der Waals surface area contributed by atoms with E-state index in [0.717, 1.165) is 36.0 Å². The van der Waals surface area contributed by atoms with Gasteiger partial charge in [0, 0.05) is 30.8 Å². The number of hydrogen-bond donors (Lipinski definition) is 2. The van der Waals surface area contributed by atoms with Gasteiger partial charge in [-0.2, -0.15) is 0 Å². The van der Waals surface area contributed by atoms with Crippen LogP contribution >= 0.6 is 0 Å². The molecule has 3 aromatic rings. The van der Waals surface area contributed by atoms with Crippen molar-refractivity contribution >= 4 is 11.6 Å². The van der Waals surface area contributed by atoms with Gasteiger partial charge in [0.2, 0.25) is 0 Å². The van der Waals surface area contributed by atoms with Crippen molar-refractivity contribution in [3.8, 4) is 0 Å². The van der Waals surface area contributed by atoms with E-state index in [0.29, 0.717) is 5.69 Å². The number of amides is 1. The van der Waals surface area contributed by atoms with E-state index in [-0.39, 0.29) is 24.0 Å². The Morgan fingerprint density at radius 3 is 2.85 bits per heavy atom. The predicted octanol–water partition coefficient (Wildman–Crippen LogP) is 2.15. The first-order valence-corrected chi connectivity index (χ1v) is 8.91. The summed E-state index contributed by atoms with van der Waals surface area (Å²) in [5.74, 6) is 0.105. The van der Waals surface area contributed by atoms with E-state index in [1.54, 1.807) is 18.6 Å². The first-order chi connectivity index (χ1) is 12.6. The zero-order valence-electron chi connectivity index (χ0n) is 14.7. The molecule has 1 aliphatic rings. The molecule has 6 heteroatoms. The van der Waals surface area contributed by atoms with Gasteiger partial charge in [-0.15, -0.1) is 0 Å². The van der Waals surface area contributed by atoms with E-state index in [4.69, 9.17) is 0 Å². The summed E-state index contributed by atoms with van der Waals surface area (Å²) < 4.78 is 1.85. The zero-order chi connectivity index (χ0) is 18.1. The number of carbonyl (C=O) groups is 1. The smallest absolute Gasteiger partial charge is 0.271 e. The fourth-order valence-corrected chi connectivity index (χ4v) is 3.50. The number of fused-ring (bicyclic) bond motifs is 1. The quantitative estimate of drug-likeness (QED) is 0.739. The second-order valence-electron chi connectivity index (χ2n) is 7.12. The molecule has 26 heavy (non-hydrogen) atoms. The Labute approximate surface area is 151 Å². The molecule has 0 saturated heterocycles. The Morgan fingerprint density at radius 2 is 2.12 bits per heavy atom. The summed E-state index contributed by atoms with van der Waals surface area (Å²) in [4.78, 5) is 21.3. The van der Waals surface area contributed by atoms with Crippen LogP contribution < -0.4 is 5.32 Å². The summed E-state index contributed by atoms with van der Waals surface area (Å²) in [6.45, 7) is 2.00. The monoisotopic (exact) mass is 350 g/mol. The Bertz CT molecular complexity index is 916. The lowest BCUT2D eigenvalue weighted by Crippen LogP contribution is -2.48. The number of aryl methyl sites for hydroxylation is 1. The summed E-state index contributed by atoms with van der Waals surface area (Å²) in [6, 6.07) is 7.83. The van der Waals surface area contributed by atoms with Gasteiger partial charge < -0.3 is 14.8 Å². The van der Waals surface area contributed by atoms with Gasteiger partial charge in [0.15, 0.2) is 0 Å². The molecule has 1 aliphatic carbocycles. The molecule has 0 radical (unpaired) electrons. The highest BCUT2D eigenvalue weighted by atomic mass is 16.3. The maximum absolute atomic E-state index is 12.8. The lowest BCUT2D eigenvalue weighted by atomic mass is 9.75. The van der Waals surface area contributed by atoms with Crippen LogP contribution in [0.2, 0.25) is 0 Å². The molecule has 0 bridgehead atoms. The molecule has 4 rings (SSSR count). The van der Waals surface area contributed by atoms with Gasteiger partial charge in [0.1, 0.15) is 11.3 Å². The van der Waals surface area contributed by atoms with Crippen LogP contribution in [0.1, 0.15) is 34.5 Å². The van der Waals surface area contributed by atoms with Crippen molar-refractivity contribution in [1.29, 1.82) is 0 Å². The Hall–Kier alpha value is -2.73. The van der Waals surface area contributed by atoms with Gasteiger partial charge in [0.05, 0.1) is 6.10 Å². The van der Waals surface area contributed by atoms with Crippen molar-refractivity contribution in [2.75, 3.05) is 0 Å². The highest BCUT2D eigenvalue weighted by Gasteiger charge is 2.35. The number of rotatable bonds is 5. The van der Waals surface area contributed by atoms with Crippen LogP contribution in [-0.4, -0.2) is 37.5 Å². The van der Waals surface area contributed by atoms with Gasteiger partial charge in [0.25, 0.3) is 5.91 Å². The van der Waals surface area contributed by atoms with Gasteiger partial charge in [-0.05, 0) is 67.5 Å². The number of nitrogens with one attached hydrogen (secondary N) is 1. The first kappa shape index (κ1) is 16.7. The summed E-state index contributed by atoms with van der Waals surface area (Å²) in [5.41, 5.74) is 3.40. The van der Waals surface area contributed by atoms with Crippen LogP contribution in [0, 0.1) is 12.8 Å². The third kappa shape index (κ3) is 3.46. The van der Waals surface area contributed by atoms with E-state index in [1.165, 1.54) is 0 Å². The Balaban J connectivity index is 1.52. The molecular weight excluding hydrogens is 328 g/mol. The van der Waals surface area contributed by atoms with Crippen LogP contribution in [0.5, 0.6) is 0 Å². The molecule has 134 valence electrons. The number of nitrogens with zero attached hydrogens (tertiary/aromatic N) is 3. The lowest BCUT2D eigenvalue weighted by Gasteiger charge is -2.38. The summed E-state index contributed by atoms with van der Waals surface area (Å²) >= 11 is 0. The maximum Gasteiger partial charge on any atom is 0.271 e. The molecule has 0 spiro atoms. The van der Waals surface area contributed by atoms with Crippen molar-refractivity contribution in [3.05, 3.63) is 65.9 Å². The third-order valence-corrected chi connectivity index (χ3v) is 5.09. The minimum absolute atomic E-state index is 0.0279. The topological polar surface area (TPSA) is 79.5 Å². The molecule has 2 N–H and O–H groups in total. The minimum Gasteiger partial charge on any atom is -0.393 e. The van der Waals surface area contributed by atoms with Crippen molar-refractivity contribution in [3.63, 3.8) is 0 Å². The second kappa shape index (κ2) is 6.88. The van der Waals surface area contributed by atoms with Gasteiger partial charge in [-0.1, -0.05) is 0 Å². The van der Waals surface area contributed by atoms with Gasteiger partial charge in [-0.3, -0.25) is 9.78 Å². The average Bonchev–Trinajstić information content (AvgIpc) is 3.02. The van der Waals surface area contributed by atoms with Crippen molar-refractivity contribution in [1.82, 2.24) is 19.7 Å². The standard InChI is InChI=1S/C20H22N4O2/c1-13-4-7-24-12-18(22-19(24)8-13)20(26)23-17(15-10-16(25)11-15)9-14-2-5-21-6-3-14/h2-8,12,15-17,25H,9-11H2,1H3,(H,23,26). The fourth-order valence-electron chi connectivity index (χ4n) is 3.50. The number of imidazole rings is 1. The fraction of sp³-hybridized carbons (Fsp3) is 0.350. The van der Waals surface area contributed by atoms with E-state index < -0.39 is 0 Å². The van der Waals surface area contributed by atoms with Crippen LogP contribution in [-0.2, 0) is 6.42 Å². The highest BCUT2D eigenvalue weighted by Crippen LogP contribution is 2.31. The number of carbonyl (C=O) groups excluding carboxylic acids is 1. The molecule has 1 saturated carbocycles. The normalized spacial score (nSPS) is 20.5. The molecule has 1 atom stereocenters. The molecule has 3 aromatic heterocycles. The van der Waals surface area contributed by atoms with E-state index in [1.807, 2.05) is 41.8 Å².